The van der Waals surface area contributed by atoms with Gasteiger partial charge in [0.15, 0.2) is 0 Å². The molecule has 1 aromatic rings. The van der Waals surface area contributed by atoms with Crippen molar-refractivity contribution in [2.24, 2.45) is 5.73 Å². The summed E-state index contributed by atoms with van der Waals surface area (Å²) in [6.07, 6.45) is 3.75. The van der Waals surface area contributed by atoms with Crippen LogP contribution >= 0.6 is 0 Å². The predicted molar refractivity (Wildman–Crippen MR) is 72.1 cm³/mol. The summed E-state index contributed by atoms with van der Waals surface area (Å²) in [5, 5.41) is 2.78. The van der Waals surface area contributed by atoms with Crippen molar-refractivity contribution in [1.29, 1.82) is 0 Å². The van der Waals surface area contributed by atoms with Crippen molar-refractivity contribution in [3.05, 3.63) is 48.0 Å². The van der Waals surface area contributed by atoms with Gasteiger partial charge in [0.1, 0.15) is 6.10 Å². The van der Waals surface area contributed by atoms with E-state index >= 15 is 0 Å². The first kappa shape index (κ1) is 14.4. The Balaban J connectivity index is 2.45. The highest BCUT2D eigenvalue weighted by Gasteiger charge is 2.17. The van der Waals surface area contributed by atoms with Crippen LogP contribution in [0.3, 0.4) is 0 Å². The second kappa shape index (κ2) is 8.44. The molecule has 0 aliphatic rings. The number of amides is 1. The molecule has 4 heteroatoms. The highest BCUT2D eigenvalue weighted by Crippen LogP contribution is 2.05. The summed E-state index contributed by atoms with van der Waals surface area (Å²) in [5.74, 6) is -0.108. The Morgan fingerprint density at radius 1 is 1.39 bits per heavy atom. The topological polar surface area (TPSA) is 64.3 Å². The molecule has 1 aromatic carbocycles. The molecule has 0 aliphatic carbocycles. The molecule has 0 saturated carbocycles. The van der Waals surface area contributed by atoms with E-state index in [9.17, 15) is 4.79 Å². The number of hydrogen-bond donors (Lipinski definition) is 2. The van der Waals surface area contributed by atoms with Gasteiger partial charge in [0.2, 0.25) is 5.91 Å². The Labute approximate surface area is 108 Å². The number of ether oxygens (including phenoxy) is 1. The first-order valence-corrected chi connectivity index (χ1v) is 5.97. The summed E-state index contributed by atoms with van der Waals surface area (Å²) in [7, 11) is 1.54. The van der Waals surface area contributed by atoms with Gasteiger partial charge in [-0.15, -0.1) is 0 Å². The molecule has 0 radical (unpaired) electrons. The quantitative estimate of drug-likeness (QED) is 0.704. The van der Waals surface area contributed by atoms with E-state index in [0.717, 1.165) is 5.56 Å². The minimum Gasteiger partial charge on any atom is -0.371 e. The highest BCUT2D eigenvalue weighted by molar-refractivity contribution is 5.81. The molecule has 0 aliphatic heterocycles. The number of carbonyl (C=O) groups excluding carboxylic acids is 1. The van der Waals surface area contributed by atoms with E-state index < -0.39 is 6.10 Å². The number of nitrogens with two attached hydrogens (primary N) is 1. The van der Waals surface area contributed by atoms with E-state index in [4.69, 9.17) is 10.5 Å². The molecule has 1 rings (SSSR count). The summed E-state index contributed by atoms with van der Waals surface area (Å²) in [5.41, 5.74) is 6.39. The van der Waals surface area contributed by atoms with Crippen LogP contribution in [0.2, 0.25) is 0 Å². The average molecular weight is 248 g/mol. The molecule has 0 spiro atoms. The highest BCUT2D eigenvalue weighted by atomic mass is 16.5. The van der Waals surface area contributed by atoms with Gasteiger partial charge in [0.05, 0.1) is 0 Å². The van der Waals surface area contributed by atoms with Crippen molar-refractivity contribution >= 4 is 5.91 Å². The fraction of sp³-hybridized carbons (Fsp3) is 0.357. The maximum Gasteiger partial charge on any atom is 0.249 e. The lowest BCUT2D eigenvalue weighted by Gasteiger charge is -2.14. The standard InChI is InChI=1S/C14H20N2O2/c1-18-13(11-12-7-3-2-4-8-12)14(17)16-10-6-5-9-15/h2-8,13H,9-11,15H2,1H3,(H,16,17)/t13-/m0/s1. The number of benzene rings is 1. The Kier molecular flexibility index (Phi) is 6.76. The molecule has 18 heavy (non-hydrogen) atoms. The van der Waals surface area contributed by atoms with Gasteiger partial charge in [0.25, 0.3) is 0 Å². The zero-order valence-electron chi connectivity index (χ0n) is 10.6. The lowest BCUT2D eigenvalue weighted by Crippen LogP contribution is -2.37. The SMILES string of the molecule is CO[C@@H](Cc1ccccc1)C(=O)NCC=CCN. The minimum atomic E-state index is -0.460. The molecule has 0 unspecified atom stereocenters. The van der Waals surface area contributed by atoms with E-state index in [1.165, 1.54) is 0 Å². The molecule has 4 nitrogen and oxygen atoms in total. The molecular weight excluding hydrogens is 228 g/mol. The van der Waals surface area contributed by atoms with Gasteiger partial charge in [-0.1, -0.05) is 42.5 Å². The van der Waals surface area contributed by atoms with Gasteiger partial charge in [-0.05, 0) is 5.56 Å². The van der Waals surface area contributed by atoms with Gasteiger partial charge in [-0.3, -0.25) is 4.79 Å². The van der Waals surface area contributed by atoms with Crippen LogP contribution in [0.1, 0.15) is 5.56 Å². The molecule has 0 aromatic heterocycles. The van der Waals surface area contributed by atoms with Gasteiger partial charge in [-0.25, -0.2) is 0 Å². The number of methoxy groups -OCH3 is 1. The van der Waals surface area contributed by atoms with Crippen LogP contribution in [0.25, 0.3) is 0 Å². The Hall–Kier alpha value is -1.65. The Morgan fingerprint density at radius 2 is 2.11 bits per heavy atom. The lowest BCUT2D eigenvalue weighted by atomic mass is 10.1. The lowest BCUT2D eigenvalue weighted by molar-refractivity contribution is -0.130. The van der Waals surface area contributed by atoms with Gasteiger partial charge < -0.3 is 15.8 Å². The normalized spacial score (nSPS) is 12.6. The molecule has 1 atom stereocenters. The number of nitrogens with one attached hydrogen (secondary N) is 1. The predicted octanol–water partition coefficient (Wildman–Crippen LogP) is 0.875. The first-order chi connectivity index (χ1) is 8.77. The van der Waals surface area contributed by atoms with Crippen LogP contribution in [0.5, 0.6) is 0 Å². The second-order valence-corrected chi connectivity index (χ2v) is 3.87. The third-order valence-electron chi connectivity index (χ3n) is 2.54. The average Bonchev–Trinajstić information content (AvgIpc) is 2.42. The van der Waals surface area contributed by atoms with Crippen molar-refractivity contribution in [2.75, 3.05) is 20.2 Å². The van der Waals surface area contributed by atoms with Crippen LogP contribution in [-0.2, 0) is 16.0 Å². The monoisotopic (exact) mass is 248 g/mol. The van der Waals surface area contributed by atoms with Crippen molar-refractivity contribution in [3.8, 4) is 0 Å². The van der Waals surface area contributed by atoms with Crippen molar-refractivity contribution < 1.29 is 9.53 Å². The smallest absolute Gasteiger partial charge is 0.249 e. The van der Waals surface area contributed by atoms with E-state index in [1.54, 1.807) is 13.2 Å². The largest absolute Gasteiger partial charge is 0.371 e. The fourth-order valence-corrected chi connectivity index (χ4v) is 1.56. The van der Waals surface area contributed by atoms with Crippen molar-refractivity contribution in [1.82, 2.24) is 5.32 Å². The van der Waals surface area contributed by atoms with E-state index in [2.05, 4.69) is 5.32 Å². The van der Waals surface area contributed by atoms with Crippen LogP contribution < -0.4 is 11.1 Å². The van der Waals surface area contributed by atoms with Gasteiger partial charge in [-0.2, -0.15) is 0 Å². The molecule has 0 heterocycles. The molecule has 98 valence electrons. The minimum absolute atomic E-state index is 0.108. The summed E-state index contributed by atoms with van der Waals surface area (Å²) in [6, 6.07) is 9.80. The summed E-state index contributed by atoms with van der Waals surface area (Å²) in [6.45, 7) is 0.957. The number of hydrogen-bond acceptors (Lipinski definition) is 3. The summed E-state index contributed by atoms with van der Waals surface area (Å²) < 4.78 is 5.21. The molecule has 1 amide bonds. The van der Waals surface area contributed by atoms with E-state index in [1.807, 2.05) is 36.4 Å². The third kappa shape index (κ3) is 5.12. The van der Waals surface area contributed by atoms with Crippen LogP contribution in [0.15, 0.2) is 42.5 Å². The first-order valence-electron chi connectivity index (χ1n) is 5.97. The summed E-state index contributed by atoms with van der Waals surface area (Å²) >= 11 is 0. The summed E-state index contributed by atoms with van der Waals surface area (Å²) in [4.78, 5) is 11.8. The van der Waals surface area contributed by atoms with Crippen LogP contribution in [0.4, 0.5) is 0 Å². The van der Waals surface area contributed by atoms with Crippen molar-refractivity contribution in [3.63, 3.8) is 0 Å². The maximum atomic E-state index is 11.8. The number of rotatable bonds is 7. The molecule has 3 N–H and O–H groups in total. The maximum absolute atomic E-state index is 11.8. The number of carbonyl (C=O) groups is 1. The van der Waals surface area contributed by atoms with E-state index in [0.29, 0.717) is 19.5 Å². The second-order valence-electron chi connectivity index (χ2n) is 3.87. The molecule has 0 fully saturated rings. The van der Waals surface area contributed by atoms with E-state index in [-0.39, 0.29) is 5.91 Å². The Morgan fingerprint density at radius 3 is 2.72 bits per heavy atom. The zero-order valence-corrected chi connectivity index (χ0v) is 10.6. The van der Waals surface area contributed by atoms with Crippen LogP contribution in [0, 0.1) is 0 Å². The Bertz CT molecular complexity index is 377. The van der Waals surface area contributed by atoms with Crippen molar-refractivity contribution in [2.45, 2.75) is 12.5 Å². The van der Waals surface area contributed by atoms with Gasteiger partial charge >= 0.3 is 0 Å². The molecule has 0 bridgehead atoms. The zero-order chi connectivity index (χ0) is 13.2. The van der Waals surface area contributed by atoms with Gasteiger partial charge in [0, 0.05) is 26.6 Å². The molecular formula is C14H20N2O2. The third-order valence-corrected chi connectivity index (χ3v) is 2.54. The van der Waals surface area contributed by atoms with Crippen LogP contribution in [-0.4, -0.2) is 32.2 Å². The molecule has 0 saturated heterocycles. The fourth-order valence-electron chi connectivity index (χ4n) is 1.56.